The molecular weight excluding hydrogens is 284 g/mol. The van der Waals surface area contributed by atoms with Crippen LogP contribution in [0.1, 0.15) is 12.8 Å². The minimum absolute atomic E-state index is 0.0500. The van der Waals surface area contributed by atoms with Crippen molar-refractivity contribution in [1.82, 2.24) is 15.1 Å². The molecule has 22 heavy (non-hydrogen) atoms. The Balaban J connectivity index is 1.60. The van der Waals surface area contributed by atoms with Crippen molar-refractivity contribution in [1.29, 1.82) is 0 Å². The van der Waals surface area contributed by atoms with Gasteiger partial charge in [-0.2, -0.15) is 5.10 Å². The predicted octanol–water partition coefficient (Wildman–Crippen LogP) is 2.58. The van der Waals surface area contributed by atoms with Gasteiger partial charge < -0.3 is 10.1 Å². The Morgan fingerprint density at radius 1 is 1.27 bits per heavy atom. The van der Waals surface area contributed by atoms with Gasteiger partial charge in [0.15, 0.2) is 5.75 Å². The van der Waals surface area contributed by atoms with Gasteiger partial charge in [0.2, 0.25) is 0 Å². The molecule has 1 aromatic carbocycles. The third kappa shape index (κ3) is 3.62. The third-order valence-electron chi connectivity index (χ3n) is 3.80. The van der Waals surface area contributed by atoms with Crippen molar-refractivity contribution in [2.45, 2.75) is 19.4 Å². The number of nitrogens with one attached hydrogen (secondary N) is 1. The van der Waals surface area contributed by atoms with Crippen LogP contribution in [-0.2, 0) is 6.54 Å². The number of nitrogens with zero attached hydrogens (tertiary/aromatic N) is 3. The lowest BCUT2D eigenvalue weighted by atomic mass is 9.98. The molecule has 0 spiro atoms. The van der Waals surface area contributed by atoms with Crippen LogP contribution < -0.4 is 10.1 Å². The van der Waals surface area contributed by atoms with Gasteiger partial charge in [-0.05, 0) is 44.0 Å². The predicted molar refractivity (Wildman–Crippen MR) is 81.0 cm³/mol. The lowest BCUT2D eigenvalue weighted by Crippen LogP contribution is -2.29. The van der Waals surface area contributed by atoms with E-state index < -0.39 is 4.92 Å². The number of ether oxygens (including phenoxy) is 1. The fourth-order valence-corrected chi connectivity index (χ4v) is 2.60. The number of piperidine rings is 1. The lowest BCUT2D eigenvalue weighted by molar-refractivity contribution is -0.384. The molecule has 1 aromatic heterocycles. The van der Waals surface area contributed by atoms with Crippen molar-refractivity contribution in [3.8, 4) is 11.5 Å². The summed E-state index contributed by atoms with van der Waals surface area (Å²) in [7, 11) is 0. The van der Waals surface area contributed by atoms with Crippen LogP contribution in [0.15, 0.2) is 36.7 Å². The van der Waals surface area contributed by atoms with Crippen LogP contribution in [0.5, 0.6) is 11.5 Å². The molecule has 3 rings (SSSR count). The molecule has 0 amide bonds. The van der Waals surface area contributed by atoms with Crippen LogP contribution in [0.25, 0.3) is 0 Å². The fourth-order valence-electron chi connectivity index (χ4n) is 2.60. The molecule has 1 aliphatic heterocycles. The van der Waals surface area contributed by atoms with E-state index in [4.69, 9.17) is 4.74 Å². The van der Waals surface area contributed by atoms with Gasteiger partial charge in [-0.25, -0.2) is 0 Å². The number of benzene rings is 1. The highest BCUT2D eigenvalue weighted by Crippen LogP contribution is 2.24. The van der Waals surface area contributed by atoms with Crippen molar-refractivity contribution < 1.29 is 9.66 Å². The SMILES string of the molecule is O=[N+]([O-])c1ccc(Oc2cnn(CC3CCNCC3)c2)cc1. The van der Waals surface area contributed by atoms with Gasteiger partial charge >= 0.3 is 0 Å². The summed E-state index contributed by atoms with van der Waals surface area (Å²) >= 11 is 0. The third-order valence-corrected chi connectivity index (χ3v) is 3.80. The smallest absolute Gasteiger partial charge is 0.269 e. The second-order valence-corrected chi connectivity index (χ2v) is 5.44. The van der Waals surface area contributed by atoms with E-state index in [1.807, 2.05) is 10.9 Å². The molecule has 0 aliphatic carbocycles. The lowest BCUT2D eigenvalue weighted by Gasteiger charge is -2.22. The summed E-state index contributed by atoms with van der Waals surface area (Å²) < 4.78 is 7.56. The molecule has 0 unspecified atom stereocenters. The van der Waals surface area contributed by atoms with Crippen molar-refractivity contribution in [2.75, 3.05) is 13.1 Å². The molecule has 0 bridgehead atoms. The van der Waals surface area contributed by atoms with E-state index in [0.29, 0.717) is 17.4 Å². The highest BCUT2D eigenvalue weighted by molar-refractivity contribution is 5.37. The Morgan fingerprint density at radius 3 is 2.68 bits per heavy atom. The first-order valence-corrected chi connectivity index (χ1v) is 7.36. The van der Waals surface area contributed by atoms with Gasteiger partial charge in [-0.15, -0.1) is 0 Å². The molecule has 1 N–H and O–H groups in total. The largest absolute Gasteiger partial charge is 0.454 e. The van der Waals surface area contributed by atoms with Crippen LogP contribution in [-0.4, -0.2) is 27.8 Å². The van der Waals surface area contributed by atoms with Crippen LogP contribution >= 0.6 is 0 Å². The highest BCUT2D eigenvalue weighted by atomic mass is 16.6. The van der Waals surface area contributed by atoms with E-state index in [0.717, 1.165) is 19.6 Å². The maximum Gasteiger partial charge on any atom is 0.269 e. The molecule has 116 valence electrons. The topological polar surface area (TPSA) is 82.2 Å². The first kappa shape index (κ1) is 14.5. The number of hydrogen-bond acceptors (Lipinski definition) is 5. The molecule has 0 radical (unpaired) electrons. The average Bonchev–Trinajstić information content (AvgIpc) is 2.96. The second-order valence-electron chi connectivity index (χ2n) is 5.44. The zero-order chi connectivity index (χ0) is 15.4. The maximum atomic E-state index is 10.6. The summed E-state index contributed by atoms with van der Waals surface area (Å²) in [4.78, 5) is 10.2. The summed E-state index contributed by atoms with van der Waals surface area (Å²) in [6, 6.07) is 6.02. The maximum absolute atomic E-state index is 10.6. The first-order chi connectivity index (χ1) is 10.7. The Morgan fingerprint density at radius 2 is 2.00 bits per heavy atom. The minimum Gasteiger partial charge on any atom is -0.454 e. The average molecular weight is 302 g/mol. The first-order valence-electron chi connectivity index (χ1n) is 7.36. The highest BCUT2D eigenvalue weighted by Gasteiger charge is 2.14. The van der Waals surface area contributed by atoms with Crippen LogP contribution in [0.4, 0.5) is 5.69 Å². The van der Waals surface area contributed by atoms with Crippen molar-refractivity contribution >= 4 is 5.69 Å². The molecule has 2 heterocycles. The van der Waals surface area contributed by atoms with E-state index in [1.165, 1.54) is 25.0 Å². The summed E-state index contributed by atoms with van der Waals surface area (Å²) in [5.41, 5.74) is 0.0500. The van der Waals surface area contributed by atoms with E-state index in [1.54, 1.807) is 18.3 Å². The molecule has 7 nitrogen and oxygen atoms in total. The van der Waals surface area contributed by atoms with Gasteiger partial charge in [0.05, 0.1) is 17.3 Å². The van der Waals surface area contributed by atoms with Gasteiger partial charge in [-0.3, -0.25) is 14.8 Å². The van der Waals surface area contributed by atoms with Crippen LogP contribution in [0.3, 0.4) is 0 Å². The fraction of sp³-hybridized carbons (Fsp3) is 0.400. The molecule has 1 aliphatic rings. The number of hydrogen-bond donors (Lipinski definition) is 1. The monoisotopic (exact) mass is 302 g/mol. The van der Waals surface area contributed by atoms with E-state index in [9.17, 15) is 10.1 Å². The summed E-state index contributed by atoms with van der Waals surface area (Å²) in [6.07, 6.45) is 5.86. The summed E-state index contributed by atoms with van der Waals surface area (Å²) in [5.74, 6) is 1.85. The molecular formula is C15H18N4O3. The zero-order valence-corrected chi connectivity index (χ0v) is 12.1. The number of nitro groups is 1. The number of rotatable bonds is 5. The molecule has 0 atom stereocenters. The zero-order valence-electron chi connectivity index (χ0n) is 12.1. The van der Waals surface area contributed by atoms with Gasteiger partial charge in [-0.1, -0.05) is 0 Å². The normalized spacial score (nSPS) is 15.6. The van der Waals surface area contributed by atoms with E-state index in [2.05, 4.69) is 10.4 Å². The number of non-ortho nitro benzene ring substituents is 1. The van der Waals surface area contributed by atoms with Gasteiger partial charge in [0.25, 0.3) is 5.69 Å². The Bertz CT molecular complexity index is 632. The van der Waals surface area contributed by atoms with Crippen LogP contribution in [0.2, 0.25) is 0 Å². The Labute approximate surface area is 128 Å². The molecule has 1 fully saturated rings. The quantitative estimate of drug-likeness (QED) is 0.678. The Kier molecular flexibility index (Phi) is 4.34. The number of nitro benzene ring substituents is 1. The van der Waals surface area contributed by atoms with Crippen molar-refractivity contribution in [3.63, 3.8) is 0 Å². The molecule has 2 aromatic rings. The molecule has 7 heteroatoms. The van der Waals surface area contributed by atoms with E-state index >= 15 is 0 Å². The van der Waals surface area contributed by atoms with Gasteiger partial charge in [0.1, 0.15) is 5.75 Å². The van der Waals surface area contributed by atoms with Crippen molar-refractivity contribution in [3.05, 3.63) is 46.8 Å². The van der Waals surface area contributed by atoms with Crippen LogP contribution in [0, 0.1) is 16.0 Å². The number of aromatic nitrogens is 2. The van der Waals surface area contributed by atoms with Crippen molar-refractivity contribution in [2.24, 2.45) is 5.92 Å². The van der Waals surface area contributed by atoms with Gasteiger partial charge in [0, 0.05) is 18.7 Å². The summed E-state index contributed by atoms with van der Waals surface area (Å²) in [5, 5.41) is 18.3. The Hall–Kier alpha value is -2.41. The van der Waals surface area contributed by atoms with E-state index in [-0.39, 0.29) is 5.69 Å². The second kappa shape index (κ2) is 6.57. The summed E-state index contributed by atoms with van der Waals surface area (Å²) in [6.45, 7) is 3.03. The molecule has 0 saturated carbocycles. The standard InChI is InChI=1S/C15H18N4O3/c20-19(21)13-1-3-14(4-2-13)22-15-9-17-18(11-15)10-12-5-7-16-8-6-12/h1-4,9,11-12,16H,5-8,10H2. The minimum atomic E-state index is -0.430. The molecule has 1 saturated heterocycles.